The molecule has 0 aromatic carbocycles. The van der Waals surface area contributed by atoms with Crippen molar-refractivity contribution in [2.24, 2.45) is 4.52 Å². The molecule has 4 nitrogen and oxygen atoms in total. The van der Waals surface area contributed by atoms with Crippen LogP contribution in [-0.4, -0.2) is 4.60 Å². The second-order valence-electron chi connectivity index (χ2n) is 2.15. The van der Waals surface area contributed by atoms with E-state index in [0.29, 0.717) is 0 Å². The number of fused-ring (bicyclic) bond motifs is 1. The second-order valence-corrected chi connectivity index (χ2v) is 8.13. The predicted octanol–water partition coefficient (Wildman–Crippen LogP) is 3.99. The molecule has 1 saturated heterocycles. The van der Waals surface area contributed by atoms with Crippen molar-refractivity contribution in [1.29, 1.82) is 0 Å². The van der Waals surface area contributed by atoms with Gasteiger partial charge < -0.3 is 0 Å². The first kappa shape index (κ1) is 9.06. The Kier molecular flexibility index (Phi) is 1.26. The molecule has 0 aromatic heterocycles. The van der Waals surface area contributed by atoms with Gasteiger partial charge in [-0.05, 0) is 0 Å². The van der Waals surface area contributed by atoms with Crippen molar-refractivity contribution < 1.29 is 25.6 Å². The van der Waals surface area contributed by atoms with E-state index in [1.54, 1.807) is 0 Å². The van der Waals surface area contributed by atoms with E-state index in [0.717, 1.165) is 4.86 Å². The van der Waals surface area contributed by atoms with Gasteiger partial charge in [0.05, 0.1) is 0 Å². The van der Waals surface area contributed by atoms with Crippen LogP contribution in [0, 0.1) is 0 Å². The molecule has 0 aliphatic carbocycles. The van der Waals surface area contributed by atoms with Crippen LogP contribution in [0.4, 0.5) is 21.0 Å². The number of hydrogen-bond acceptors (Lipinski definition) is 4. The Bertz CT molecular complexity index is 292. The van der Waals surface area contributed by atoms with Crippen molar-refractivity contribution in [2.75, 3.05) is 0 Å². The SMILES string of the molecule is FP1(F)(F)NP=NP2(F)(F)ON12. The summed E-state index contributed by atoms with van der Waals surface area (Å²) in [6, 6.07) is 0. The summed E-state index contributed by atoms with van der Waals surface area (Å²) in [4.78, 5) is 0.966. The van der Waals surface area contributed by atoms with Crippen molar-refractivity contribution >= 4 is 24.1 Å². The van der Waals surface area contributed by atoms with E-state index in [-0.39, 0.29) is 0 Å². The van der Waals surface area contributed by atoms with Crippen LogP contribution in [0.1, 0.15) is 0 Å². The van der Waals surface area contributed by atoms with Crippen LogP contribution in [0.15, 0.2) is 4.52 Å². The molecule has 0 bridgehead atoms. The minimum atomic E-state index is -7.17. The van der Waals surface area contributed by atoms with Gasteiger partial charge in [0.2, 0.25) is 0 Å². The first-order chi connectivity index (χ1) is 5.11. The zero-order valence-corrected chi connectivity index (χ0v) is 7.72. The molecule has 0 radical (unpaired) electrons. The van der Waals surface area contributed by atoms with Crippen molar-refractivity contribution in [1.82, 2.24) is 9.46 Å². The molecule has 1 fully saturated rings. The van der Waals surface area contributed by atoms with E-state index >= 15 is 0 Å². The average molecular weight is 247 g/mol. The maximum atomic E-state index is 12.6. The Morgan fingerprint density at radius 2 is 1.83 bits per heavy atom. The van der Waals surface area contributed by atoms with E-state index in [2.05, 4.69) is 9.14 Å². The third-order valence-corrected chi connectivity index (χ3v) is 7.70. The summed E-state index contributed by atoms with van der Waals surface area (Å²) >= 11 is 0. The fourth-order valence-corrected chi connectivity index (χ4v) is 6.90. The van der Waals surface area contributed by atoms with Crippen LogP contribution < -0.4 is 4.86 Å². The van der Waals surface area contributed by atoms with Gasteiger partial charge in [-0.3, -0.25) is 0 Å². The molecule has 2 aliphatic heterocycles. The standard InChI is InChI=1S/F5HN3OP3/c1-11(2,3)6-10-7-12(4,5)8(11)9-12/h(H,6,7). The monoisotopic (exact) mass is 247 g/mol. The van der Waals surface area contributed by atoms with Crippen molar-refractivity contribution in [3.63, 3.8) is 0 Å². The summed E-state index contributed by atoms with van der Waals surface area (Å²) < 4.78 is 67.3. The number of nitrogens with zero attached hydrogens (tertiary/aromatic N) is 2. The fraction of sp³-hybridized carbons (Fsp3) is 0. The van der Waals surface area contributed by atoms with E-state index < -0.39 is 28.7 Å². The van der Waals surface area contributed by atoms with E-state index in [1.807, 2.05) is 0 Å². The Balaban J connectivity index is 2.49. The maximum absolute atomic E-state index is 12.6. The topological polar surface area (TPSA) is 39.9 Å². The molecule has 0 saturated carbocycles. The first-order valence-corrected chi connectivity index (χ1v) is 7.01. The molecule has 1 unspecified atom stereocenters. The molecule has 1 N–H and O–H groups in total. The number of rotatable bonds is 0. The third-order valence-electron chi connectivity index (χ3n) is 1.13. The molecule has 12 heavy (non-hydrogen) atoms. The average Bonchev–Trinajstić information content (AvgIpc) is 2.35. The van der Waals surface area contributed by atoms with Gasteiger partial charge in [-0.25, -0.2) is 0 Å². The van der Waals surface area contributed by atoms with Crippen LogP contribution >= 0.6 is 24.1 Å². The summed E-state index contributed by atoms with van der Waals surface area (Å²) in [5, 5.41) is 0. The summed E-state index contributed by atoms with van der Waals surface area (Å²) in [5.41, 5.74) is 0. The molecule has 2 aliphatic rings. The Labute approximate surface area is 64.7 Å². The summed E-state index contributed by atoms with van der Waals surface area (Å²) in [6.07, 6.45) is 0. The van der Waals surface area contributed by atoms with Gasteiger partial charge in [0.1, 0.15) is 0 Å². The van der Waals surface area contributed by atoms with Gasteiger partial charge in [0, 0.05) is 0 Å². The molecule has 0 spiro atoms. The van der Waals surface area contributed by atoms with Gasteiger partial charge in [0.15, 0.2) is 0 Å². The minimum absolute atomic E-state index is 0.882. The number of halogens is 5. The van der Waals surface area contributed by atoms with E-state index in [4.69, 9.17) is 0 Å². The Hall–Kier alpha value is 0.490. The van der Waals surface area contributed by atoms with Crippen molar-refractivity contribution in [3.05, 3.63) is 0 Å². The molecular formula is HF5N3OP3. The second kappa shape index (κ2) is 1.67. The summed E-state index contributed by atoms with van der Waals surface area (Å²) in [5.74, 6) is 0. The molecule has 0 amide bonds. The predicted molar refractivity (Wildman–Crippen MR) is 34.8 cm³/mol. The van der Waals surface area contributed by atoms with Crippen molar-refractivity contribution in [3.8, 4) is 0 Å². The quantitative estimate of drug-likeness (QED) is 0.399. The zero-order chi connectivity index (χ0) is 9.30. The van der Waals surface area contributed by atoms with Gasteiger partial charge in [-0.1, -0.05) is 0 Å². The van der Waals surface area contributed by atoms with Gasteiger partial charge in [-0.15, -0.1) is 0 Å². The summed E-state index contributed by atoms with van der Waals surface area (Å²) in [7, 11) is -14.3. The third kappa shape index (κ3) is 1.02. The van der Waals surface area contributed by atoms with Gasteiger partial charge in [0.25, 0.3) is 0 Å². The Morgan fingerprint density at radius 3 is 2.25 bits per heavy atom. The molecule has 2 heterocycles. The first-order valence-electron chi connectivity index (χ1n) is 2.46. The zero-order valence-electron chi connectivity index (χ0n) is 5.03. The van der Waals surface area contributed by atoms with Crippen LogP contribution in [0.25, 0.3) is 0 Å². The summed E-state index contributed by atoms with van der Waals surface area (Å²) in [6.45, 7) is 0. The van der Waals surface area contributed by atoms with Gasteiger partial charge >= 0.3 is 63.7 Å². The fourth-order valence-electron chi connectivity index (χ4n) is 0.651. The normalized spacial score (nSPS) is 51.6. The Morgan fingerprint density at radius 1 is 1.25 bits per heavy atom. The van der Waals surface area contributed by atoms with E-state index in [9.17, 15) is 21.0 Å². The molecule has 1 atom stereocenters. The van der Waals surface area contributed by atoms with Crippen molar-refractivity contribution in [2.45, 2.75) is 0 Å². The molecule has 2 rings (SSSR count). The van der Waals surface area contributed by atoms with Crippen LogP contribution in [0.5, 0.6) is 0 Å². The van der Waals surface area contributed by atoms with Crippen LogP contribution in [0.2, 0.25) is 0 Å². The van der Waals surface area contributed by atoms with Crippen LogP contribution in [-0.2, 0) is 4.62 Å². The number of hydrogen-bond donors (Lipinski definition) is 1. The van der Waals surface area contributed by atoms with Gasteiger partial charge in [-0.2, -0.15) is 0 Å². The van der Waals surface area contributed by atoms with Crippen LogP contribution in [0.3, 0.4) is 0 Å². The molecule has 72 valence electrons. The number of nitrogens with one attached hydrogen (secondary N) is 1. The van der Waals surface area contributed by atoms with E-state index in [1.165, 1.54) is 0 Å². The molecular weight excluding hydrogens is 246 g/mol. The molecule has 12 heteroatoms. The molecule has 0 aromatic rings.